The summed E-state index contributed by atoms with van der Waals surface area (Å²) in [7, 11) is 3.86. The Morgan fingerprint density at radius 2 is 2.25 bits per heavy atom. The van der Waals surface area contributed by atoms with Gasteiger partial charge in [0.25, 0.3) is 0 Å². The first-order valence-corrected chi connectivity index (χ1v) is 3.82. The summed E-state index contributed by atoms with van der Waals surface area (Å²) in [6.07, 6.45) is 3.49. The third kappa shape index (κ3) is 2.34. The van der Waals surface area contributed by atoms with Crippen molar-refractivity contribution in [1.82, 2.24) is 9.88 Å². The largest absolute Gasteiger partial charge is 0.369 e. The second-order valence-electron chi connectivity index (χ2n) is 2.85. The van der Waals surface area contributed by atoms with Gasteiger partial charge in [0.15, 0.2) is 5.82 Å². The van der Waals surface area contributed by atoms with Crippen molar-refractivity contribution in [3.63, 3.8) is 0 Å². The van der Waals surface area contributed by atoms with Gasteiger partial charge in [-0.25, -0.2) is 9.98 Å². The molecule has 64 valence electrons. The molecule has 0 amide bonds. The smallest absolute Gasteiger partial charge is 0.156 e. The van der Waals surface area contributed by atoms with E-state index in [0.717, 1.165) is 11.4 Å². The van der Waals surface area contributed by atoms with E-state index < -0.39 is 0 Å². The molecule has 0 fully saturated rings. The van der Waals surface area contributed by atoms with Crippen molar-refractivity contribution in [2.45, 2.75) is 6.92 Å². The molecule has 1 aromatic rings. The fraction of sp³-hybridized carbons (Fsp3) is 0.333. The predicted octanol–water partition coefficient (Wildman–Crippen LogP) is 1.61. The molecule has 0 unspecified atom stereocenters. The third-order valence-electron chi connectivity index (χ3n) is 1.39. The molecule has 0 aromatic carbocycles. The molecule has 0 radical (unpaired) electrons. The van der Waals surface area contributed by atoms with Gasteiger partial charge >= 0.3 is 0 Å². The lowest BCUT2D eigenvalue weighted by Gasteiger charge is -2.02. The van der Waals surface area contributed by atoms with E-state index >= 15 is 0 Å². The van der Waals surface area contributed by atoms with Crippen LogP contribution < -0.4 is 0 Å². The number of rotatable bonds is 2. The molecule has 0 atom stereocenters. The average molecular weight is 163 g/mol. The third-order valence-corrected chi connectivity index (χ3v) is 1.39. The monoisotopic (exact) mass is 163 g/mol. The zero-order chi connectivity index (χ0) is 8.97. The van der Waals surface area contributed by atoms with Crippen molar-refractivity contribution < 1.29 is 0 Å². The second kappa shape index (κ2) is 3.85. The van der Waals surface area contributed by atoms with Crippen LogP contribution in [-0.2, 0) is 0 Å². The molecule has 0 saturated carbocycles. The van der Waals surface area contributed by atoms with Crippen LogP contribution in [0.15, 0.2) is 23.3 Å². The maximum atomic E-state index is 4.20. The number of hydrogen-bond donors (Lipinski definition) is 0. The summed E-state index contributed by atoms with van der Waals surface area (Å²) in [5.41, 5.74) is 1.09. The highest BCUT2D eigenvalue weighted by atomic mass is 15.1. The summed E-state index contributed by atoms with van der Waals surface area (Å²) in [4.78, 5) is 10.2. The molecule has 0 N–H and O–H groups in total. The highest BCUT2D eigenvalue weighted by Gasteiger charge is 1.92. The molecule has 0 spiro atoms. The van der Waals surface area contributed by atoms with Crippen LogP contribution >= 0.6 is 0 Å². The standard InChI is InChI=1S/C9H13N3/c1-8-5-4-6-10-9(8)11-7-12(2)3/h4-7H,1-3H3/b11-7+. The molecule has 3 heteroatoms. The van der Waals surface area contributed by atoms with E-state index in [1.165, 1.54) is 0 Å². The lowest BCUT2D eigenvalue weighted by atomic mass is 10.3. The molecule has 0 bridgehead atoms. The van der Waals surface area contributed by atoms with Gasteiger partial charge < -0.3 is 4.90 Å². The number of nitrogens with zero attached hydrogens (tertiary/aromatic N) is 3. The number of aliphatic imine (C=N–C) groups is 1. The fourth-order valence-electron chi connectivity index (χ4n) is 0.783. The highest BCUT2D eigenvalue weighted by Crippen LogP contribution is 2.11. The summed E-state index contributed by atoms with van der Waals surface area (Å²) >= 11 is 0. The molecular formula is C9H13N3. The fourth-order valence-corrected chi connectivity index (χ4v) is 0.783. The number of aromatic nitrogens is 1. The molecule has 3 nitrogen and oxygen atoms in total. The van der Waals surface area contributed by atoms with Crippen LogP contribution in [0, 0.1) is 6.92 Å². The Kier molecular flexibility index (Phi) is 2.80. The first-order chi connectivity index (χ1) is 5.70. The van der Waals surface area contributed by atoms with Crippen molar-refractivity contribution in [3.05, 3.63) is 23.9 Å². The van der Waals surface area contributed by atoms with Crippen LogP contribution in [0.25, 0.3) is 0 Å². The number of aryl methyl sites for hydroxylation is 1. The van der Waals surface area contributed by atoms with E-state index in [9.17, 15) is 0 Å². The van der Waals surface area contributed by atoms with E-state index in [1.807, 2.05) is 38.1 Å². The maximum Gasteiger partial charge on any atom is 0.156 e. The summed E-state index contributed by atoms with van der Waals surface area (Å²) in [6, 6.07) is 3.90. The van der Waals surface area contributed by atoms with Gasteiger partial charge in [-0.05, 0) is 18.6 Å². The van der Waals surface area contributed by atoms with E-state index in [2.05, 4.69) is 9.98 Å². The van der Waals surface area contributed by atoms with E-state index in [1.54, 1.807) is 12.5 Å². The molecule has 1 heterocycles. The van der Waals surface area contributed by atoms with Crippen LogP contribution in [0.1, 0.15) is 5.56 Å². The summed E-state index contributed by atoms with van der Waals surface area (Å²) in [6.45, 7) is 2.00. The first-order valence-electron chi connectivity index (χ1n) is 3.82. The minimum Gasteiger partial charge on any atom is -0.369 e. The topological polar surface area (TPSA) is 28.5 Å². The average Bonchev–Trinajstić information content (AvgIpc) is 2.03. The molecule has 0 aliphatic rings. The Labute approximate surface area is 72.8 Å². The van der Waals surface area contributed by atoms with E-state index in [4.69, 9.17) is 0 Å². The van der Waals surface area contributed by atoms with Crippen LogP contribution in [-0.4, -0.2) is 30.3 Å². The summed E-state index contributed by atoms with van der Waals surface area (Å²) in [5.74, 6) is 0.784. The van der Waals surface area contributed by atoms with Gasteiger partial charge in [0.2, 0.25) is 0 Å². The molecular weight excluding hydrogens is 150 g/mol. The maximum absolute atomic E-state index is 4.20. The highest BCUT2D eigenvalue weighted by molar-refractivity contribution is 5.60. The zero-order valence-electron chi connectivity index (χ0n) is 7.65. The van der Waals surface area contributed by atoms with E-state index in [-0.39, 0.29) is 0 Å². The molecule has 0 saturated heterocycles. The molecule has 12 heavy (non-hydrogen) atoms. The van der Waals surface area contributed by atoms with Gasteiger partial charge in [-0.2, -0.15) is 0 Å². The number of pyridine rings is 1. The van der Waals surface area contributed by atoms with Crippen molar-refractivity contribution in [2.24, 2.45) is 4.99 Å². The van der Waals surface area contributed by atoms with Gasteiger partial charge in [0, 0.05) is 20.3 Å². The van der Waals surface area contributed by atoms with Crippen molar-refractivity contribution in [3.8, 4) is 0 Å². The lowest BCUT2D eigenvalue weighted by Crippen LogP contribution is -2.07. The van der Waals surface area contributed by atoms with Gasteiger partial charge in [-0.3, -0.25) is 0 Å². The minimum atomic E-state index is 0.784. The van der Waals surface area contributed by atoms with Crippen LogP contribution in [0.4, 0.5) is 5.82 Å². The Balaban J connectivity index is 2.82. The quantitative estimate of drug-likeness (QED) is 0.489. The Hall–Kier alpha value is -1.38. The molecule has 0 aliphatic heterocycles. The Bertz CT molecular complexity index is 279. The van der Waals surface area contributed by atoms with Crippen molar-refractivity contribution >= 4 is 12.2 Å². The van der Waals surface area contributed by atoms with Crippen LogP contribution in [0.5, 0.6) is 0 Å². The summed E-state index contributed by atoms with van der Waals surface area (Å²) in [5, 5.41) is 0. The van der Waals surface area contributed by atoms with Gasteiger partial charge in [-0.1, -0.05) is 6.07 Å². The normalized spacial score (nSPS) is 10.6. The minimum absolute atomic E-state index is 0.784. The second-order valence-corrected chi connectivity index (χ2v) is 2.85. The van der Waals surface area contributed by atoms with Crippen LogP contribution in [0.3, 0.4) is 0 Å². The predicted molar refractivity (Wildman–Crippen MR) is 50.8 cm³/mol. The van der Waals surface area contributed by atoms with Crippen molar-refractivity contribution in [1.29, 1.82) is 0 Å². The zero-order valence-corrected chi connectivity index (χ0v) is 7.65. The Morgan fingerprint density at radius 3 is 2.83 bits per heavy atom. The van der Waals surface area contributed by atoms with Gasteiger partial charge in [0.05, 0.1) is 6.34 Å². The van der Waals surface area contributed by atoms with Gasteiger partial charge in [-0.15, -0.1) is 0 Å². The summed E-state index contributed by atoms with van der Waals surface area (Å²) < 4.78 is 0. The first kappa shape index (κ1) is 8.71. The van der Waals surface area contributed by atoms with E-state index in [0.29, 0.717) is 0 Å². The SMILES string of the molecule is Cc1cccnc1/N=C/N(C)C. The number of hydrogen-bond acceptors (Lipinski definition) is 2. The van der Waals surface area contributed by atoms with Crippen LogP contribution in [0.2, 0.25) is 0 Å². The Morgan fingerprint density at radius 1 is 1.50 bits per heavy atom. The molecule has 1 rings (SSSR count). The van der Waals surface area contributed by atoms with Gasteiger partial charge in [0.1, 0.15) is 0 Å². The lowest BCUT2D eigenvalue weighted by molar-refractivity contribution is 0.643. The molecule has 1 aromatic heterocycles. The van der Waals surface area contributed by atoms with Crippen molar-refractivity contribution in [2.75, 3.05) is 14.1 Å². The molecule has 0 aliphatic carbocycles.